The van der Waals surface area contributed by atoms with E-state index in [-0.39, 0.29) is 6.42 Å². The van der Waals surface area contributed by atoms with E-state index < -0.39 is 36.8 Å². The van der Waals surface area contributed by atoms with Gasteiger partial charge in [-0.05, 0) is 6.92 Å². The third-order valence-corrected chi connectivity index (χ3v) is 2.27. The smallest absolute Gasteiger partial charge is 0.165 e. The summed E-state index contributed by atoms with van der Waals surface area (Å²) in [5.74, 6) is -1.60. The van der Waals surface area contributed by atoms with Gasteiger partial charge in [-0.1, -0.05) is 0 Å². The zero-order chi connectivity index (χ0) is 10.9. The van der Waals surface area contributed by atoms with Crippen LogP contribution < -0.4 is 0 Å². The van der Waals surface area contributed by atoms with Gasteiger partial charge >= 0.3 is 0 Å². The van der Waals surface area contributed by atoms with Crippen LogP contribution in [0.5, 0.6) is 0 Å². The molecule has 1 aliphatic rings. The van der Waals surface area contributed by atoms with Crippen LogP contribution in [0.15, 0.2) is 0 Å². The lowest BCUT2D eigenvalue weighted by Gasteiger charge is -2.42. The summed E-state index contributed by atoms with van der Waals surface area (Å²) < 4.78 is 4.94. The van der Waals surface area contributed by atoms with Crippen molar-refractivity contribution in [3.63, 3.8) is 0 Å². The highest BCUT2D eigenvalue weighted by molar-refractivity contribution is 4.90. The zero-order valence-corrected chi connectivity index (χ0v) is 7.87. The van der Waals surface area contributed by atoms with Gasteiger partial charge in [-0.2, -0.15) is 0 Å². The molecule has 0 saturated carbocycles. The van der Waals surface area contributed by atoms with Crippen molar-refractivity contribution < 1.29 is 30.3 Å². The second-order valence-electron chi connectivity index (χ2n) is 3.77. The first-order valence-electron chi connectivity index (χ1n) is 4.42. The van der Waals surface area contributed by atoms with Crippen LogP contribution >= 0.6 is 0 Å². The van der Waals surface area contributed by atoms with Gasteiger partial charge in [0, 0.05) is 6.42 Å². The first-order chi connectivity index (χ1) is 6.37. The van der Waals surface area contributed by atoms with Crippen LogP contribution in [0.2, 0.25) is 0 Å². The van der Waals surface area contributed by atoms with E-state index in [4.69, 9.17) is 9.84 Å². The predicted molar refractivity (Wildman–Crippen MR) is 45.2 cm³/mol. The lowest BCUT2D eigenvalue weighted by atomic mass is 9.93. The molecule has 0 aromatic carbocycles. The summed E-state index contributed by atoms with van der Waals surface area (Å²) in [5, 5.41) is 46.2. The summed E-state index contributed by atoms with van der Waals surface area (Å²) in [6.07, 6.45) is -5.13. The van der Waals surface area contributed by atoms with Gasteiger partial charge in [0.25, 0.3) is 0 Å². The molecule has 0 aromatic rings. The molecule has 14 heavy (non-hydrogen) atoms. The fourth-order valence-corrected chi connectivity index (χ4v) is 1.55. The summed E-state index contributed by atoms with van der Waals surface area (Å²) in [7, 11) is 0. The van der Waals surface area contributed by atoms with Crippen molar-refractivity contribution in [2.45, 2.75) is 43.5 Å². The van der Waals surface area contributed by atoms with Crippen LogP contribution in [0.3, 0.4) is 0 Å². The Kier molecular flexibility index (Phi) is 3.46. The normalized spacial score (nSPS) is 46.3. The Balaban J connectivity index is 2.73. The molecule has 0 bridgehead atoms. The quantitative estimate of drug-likeness (QED) is 0.345. The summed E-state index contributed by atoms with van der Waals surface area (Å²) in [5.41, 5.74) is 0. The van der Waals surface area contributed by atoms with Crippen molar-refractivity contribution in [3.8, 4) is 0 Å². The average molecular weight is 208 g/mol. The molecular formula is C8H16O6. The molecule has 5 N–H and O–H groups in total. The molecule has 0 aliphatic carbocycles. The Morgan fingerprint density at radius 1 is 1.50 bits per heavy atom. The fraction of sp³-hybridized carbons (Fsp3) is 1.00. The van der Waals surface area contributed by atoms with Gasteiger partial charge in [0.2, 0.25) is 0 Å². The standard InChI is InChI=1S/C8H16O6/c1-8(13)2-4(10)6(12)7(14-8)5(11)3-9/h4-7,9-13H,2-3H2,1H3. The third kappa shape index (κ3) is 2.41. The number of hydrogen-bond donors (Lipinski definition) is 5. The van der Waals surface area contributed by atoms with Crippen LogP contribution in [-0.2, 0) is 4.74 Å². The topological polar surface area (TPSA) is 110 Å². The molecule has 6 nitrogen and oxygen atoms in total. The first-order valence-corrected chi connectivity index (χ1v) is 4.42. The fourth-order valence-electron chi connectivity index (χ4n) is 1.55. The summed E-state index contributed by atoms with van der Waals surface area (Å²) >= 11 is 0. The lowest BCUT2D eigenvalue weighted by molar-refractivity contribution is -0.308. The Bertz CT molecular complexity index is 194. The molecule has 1 rings (SSSR count). The monoisotopic (exact) mass is 208 g/mol. The van der Waals surface area contributed by atoms with Crippen molar-refractivity contribution in [3.05, 3.63) is 0 Å². The van der Waals surface area contributed by atoms with Gasteiger partial charge in [0.1, 0.15) is 18.3 Å². The van der Waals surface area contributed by atoms with E-state index in [0.717, 1.165) is 0 Å². The zero-order valence-electron chi connectivity index (χ0n) is 7.87. The highest BCUT2D eigenvalue weighted by Gasteiger charge is 2.45. The highest BCUT2D eigenvalue weighted by atomic mass is 16.6. The number of aliphatic hydroxyl groups is 5. The number of aliphatic hydroxyl groups excluding tert-OH is 4. The molecule has 0 aromatic heterocycles. The highest BCUT2D eigenvalue weighted by Crippen LogP contribution is 2.28. The third-order valence-electron chi connectivity index (χ3n) is 2.27. The minimum Gasteiger partial charge on any atom is -0.394 e. The minimum atomic E-state index is -1.60. The molecular weight excluding hydrogens is 192 g/mol. The van der Waals surface area contributed by atoms with Gasteiger partial charge in [-0.25, -0.2) is 0 Å². The molecule has 0 amide bonds. The Morgan fingerprint density at radius 3 is 2.57 bits per heavy atom. The van der Waals surface area contributed by atoms with Crippen molar-refractivity contribution >= 4 is 0 Å². The molecule has 1 heterocycles. The summed E-state index contributed by atoms with van der Waals surface area (Å²) in [4.78, 5) is 0. The molecule has 5 atom stereocenters. The molecule has 1 aliphatic heterocycles. The van der Waals surface area contributed by atoms with Crippen LogP contribution in [0.1, 0.15) is 13.3 Å². The molecule has 84 valence electrons. The van der Waals surface area contributed by atoms with E-state index in [2.05, 4.69) is 0 Å². The predicted octanol–water partition coefficient (Wildman–Crippen LogP) is -2.44. The summed E-state index contributed by atoms with van der Waals surface area (Å²) in [6.45, 7) is 0.712. The second-order valence-corrected chi connectivity index (χ2v) is 3.77. The Labute approximate surface area is 81.4 Å². The van der Waals surface area contributed by atoms with Gasteiger partial charge in [0.15, 0.2) is 5.79 Å². The molecule has 6 heteroatoms. The maximum Gasteiger partial charge on any atom is 0.165 e. The van der Waals surface area contributed by atoms with Crippen molar-refractivity contribution in [2.24, 2.45) is 0 Å². The van der Waals surface area contributed by atoms with E-state index in [1.54, 1.807) is 0 Å². The van der Waals surface area contributed by atoms with E-state index in [1.807, 2.05) is 0 Å². The number of ether oxygens (including phenoxy) is 1. The minimum absolute atomic E-state index is 0.136. The Hall–Kier alpha value is -0.240. The molecule has 1 fully saturated rings. The molecule has 1 saturated heterocycles. The van der Waals surface area contributed by atoms with E-state index >= 15 is 0 Å². The van der Waals surface area contributed by atoms with Crippen LogP contribution in [0, 0.1) is 0 Å². The first kappa shape index (κ1) is 11.8. The van der Waals surface area contributed by atoms with Crippen LogP contribution in [0.4, 0.5) is 0 Å². The van der Waals surface area contributed by atoms with E-state index in [9.17, 15) is 20.4 Å². The average Bonchev–Trinajstić information content (AvgIpc) is 2.09. The largest absolute Gasteiger partial charge is 0.394 e. The van der Waals surface area contributed by atoms with Crippen molar-refractivity contribution in [1.29, 1.82) is 0 Å². The van der Waals surface area contributed by atoms with Crippen molar-refractivity contribution in [2.75, 3.05) is 6.61 Å². The second kappa shape index (κ2) is 4.09. The van der Waals surface area contributed by atoms with Gasteiger partial charge in [0.05, 0.1) is 12.7 Å². The molecule has 0 spiro atoms. The number of hydrogen-bond acceptors (Lipinski definition) is 6. The van der Waals surface area contributed by atoms with E-state index in [0.29, 0.717) is 0 Å². The molecule has 5 unspecified atom stereocenters. The van der Waals surface area contributed by atoms with Crippen LogP contribution in [-0.4, -0.2) is 62.3 Å². The Morgan fingerprint density at radius 2 is 2.07 bits per heavy atom. The molecule has 0 radical (unpaired) electrons. The van der Waals surface area contributed by atoms with E-state index in [1.165, 1.54) is 6.92 Å². The maximum absolute atomic E-state index is 9.49. The van der Waals surface area contributed by atoms with Gasteiger partial charge in [-0.15, -0.1) is 0 Å². The van der Waals surface area contributed by atoms with Gasteiger partial charge in [-0.3, -0.25) is 0 Å². The maximum atomic E-state index is 9.49. The number of rotatable bonds is 2. The summed E-state index contributed by atoms with van der Waals surface area (Å²) in [6, 6.07) is 0. The van der Waals surface area contributed by atoms with Gasteiger partial charge < -0.3 is 30.3 Å². The van der Waals surface area contributed by atoms with Crippen LogP contribution in [0.25, 0.3) is 0 Å². The SMILES string of the molecule is CC1(O)CC(O)C(O)C(C(O)CO)O1. The van der Waals surface area contributed by atoms with Crippen molar-refractivity contribution in [1.82, 2.24) is 0 Å². The lowest BCUT2D eigenvalue weighted by Crippen LogP contribution is -2.58.